The van der Waals surface area contributed by atoms with Crippen LogP contribution >= 0.6 is 0 Å². The van der Waals surface area contributed by atoms with Crippen LogP contribution in [0.2, 0.25) is 0 Å². The van der Waals surface area contributed by atoms with Gasteiger partial charge in [0.05, 0.1) is 36.3 Å². The van der Waals surface area contributed by atoms with Crippen LogP contribution in [0.1, 0.15) is 43.1 Å². The summed E-state index contributed by atoms with van der Waals surface area (Å²) < 4.78 is 50.8. The van der Waals surface area contributed by atoms with E-state index in [1.54, 1.807) is 13.2 Å². The molecular formula is C26H29F3N4O4. The monoisotopic (exact) mass is 518 g/mol. The fraction of sp³-hybridized carbons (Fsp3) is 0.231. The molecule has 0 saturated heterocycles. The third-order valence-corrected chi connectivity index (χ3v) is 5.56. The van der Waals surface area contributed by atoms with Gasteiger partial charge in [-0.3, -0.25) is 4.79 Å². The van der Waals surface area contributed by atoms with Gasteiger partial charge in [0.1, 0.15) is 36.4 Å². The summed E-state index contributed by atoms with van der Waals surface area (Å²) in [6, 6.07) is 5.54. The minimum absolute atomic E-state index is 0. The van der Waals surface area contributed by atoms with Crippen molar-refractivity contribution < 1.29 is 35.1 Å². The second-order valence-electron chi connectivity index (χ2n) is 7.88. The molecule has 0 aliphatic heterocycles. The van der Waals surface area contributed by atoms with Crippen molar-refractivity contribution in [2.75, 3.05) is 19.5 Å². The van der Waals surface area contributed by atoms with Gasteiger partial charge in [-0.2, -0.15) is 0 Å². The highest BCUT2D eigenvalue weighted by Gasteiger charge is 2.26. The number of aromatic amines is 1. The molecule has 1 saturated carbocycles. The van der Waals surface area contributed by atoms with E-state index >= 15 is 0 Å². The molecule has 1 fully saturated rings. The summed E-state index contributed by atoms with van der Waals surface area (Å²) in [5.74, 6) is -0.585. The summed E-state index contributed by atoms with van der Waals surface area (Å²) in [6.45, 7) is 1.81. The average Bonchev–Trinajstić information content (AvgIpc) is 3.68. The van der Waals surface area contributed by atoms with Crippen LogP contribution in [0, 0.1) is 17.5 Å². The van der Waals surface area contributed by atoms with Crippen molar-refractivity contribution in [2.45, 2.75) is 25.4 Å². The second-order valence-corrected chi connectivity index (χ2v) is 7.88. The number of hydrogen-bond donors (Lipinski definition) is 2. The molecule has 0 unspecified atom stereocenters. The molecule has 0 spiro atoms. The molecule has 1 aromatic carbocycles. The van der Waals surface area contributed by atoms with Gasteiger partial charge < -0.3 is 24.6 Å². The number of nitrogens with one attached hydrogen (secondary N) is 2. The van der Waals surface area contributed by atoms with Gasteiger partial charge in [0, 0.05) is 21.5 Å². The van der Waals surface area contributed by atoms with E-state index in [1.165, 1.54) is 37.6 Å². The molecule has 2 N–H and O–H groups in total. The van der Waals surface area contributed by atoms with Crippen molar-refractivity contribution in [2.24, 2.45) is 0 Å². The third kappa shape index (κ3) is 6.43. The van der Waals surface area contributed by atoms with Gasteiger partial charge in [0.2, 0.25) is 5.88 Å². The van der Waals surface area contributed by atoms with E-state index < -0.39 is 17.5 Å². The maximum absolute atomic E-state index is 14.2. The second kappa shape index (κ2) is 12.5. The van der Waals surface area contributed by atoms with Crippen molar-refractivity contribution in [1.29, 1.82) is 0 Å². The number of nitrogens with zero attached hydrogens (tertiary/aromatic N) is 2. The van der Waals surface area contributed by atoms with Crippen LogP contribution in [0.25, 0.3) is 11.0 Å². The Morgan fingerprint density at radius 2 is 1.95 bits per heavy atom. The predicted octanol–water partition coefficient (Wildman–Crippen LogP) is 5.69. The largest absolute Gasteiger partial charge is 0.487 e. The molecule has 3 aromatic heterocycles. The van der Waals surface area contributed by atoms with Crippen molar-refractivity contribution in [3.05, 3.63) is 77.0 Å². The lowest BCUT2D eigenvalue weighted by Gasteiger charge is -2.11. The summed E-state index contributed by atoms with van der Waals surface area (Å²) in [5.41, 5.74) is 2.30. The molecule has 4 aromatic rings. The first-order valence-electron chi connectivity index (χ1n) is 11.1. The first-order valence-corrected chi connectivity index (χ1v) is 11.1. The molecule has 8 nitrogen and oxygen atoms in total. The molecule has 0 amide bonds. The van der Waals surface area contributed by atoms with Gasteiger partial charge in [0.15, 0.2) is 12.1 Å². The fourth-order valence-electron chi connectivity index (χ4n) is 3.59. The van der Waals surface area contributed by atoms with Gasteiger partial charge in [0.25, 0.3) is 0 Å². The van der Waals surface area contributed by atoms with E-state index in [0.717, 1.165) is 23.3 Å². The summed E-state index contributed by atoms with van der Waals surface area (Å²) in [4.78, 5) is 29.3. The number of rotatable bonds is 7. The molecule has 37 heavy (non-hydrogen) atoms. The van der Waals surface area contributed by atoms with E-state index in [2.05, 4.69) is 25.0 Å². The molecule has 1 aliphatic rings. The molecule has 11 heteroatoms. The van der Waals surface area contributed by atoms with Gasteiger partial charge in [-0.15, -0.1) is 0 Å². The molecule has 0 atom stereocenters. The maximum Gasteiger partial charge on any atom is 0.223 e. The number of anilines is 1. The van der Waals surface area contributed by atoms with Crippen molar-refractivity contribution in [3.63, 3.8) is 0 Å². The number of carbonyl (C=O) groups is 2. The molecule has 3 heterocycles. The van der Waals surface area contributed by atoms with Crippen LogP contribution in [0.3, 0.4) is 0 Å². The number of halogens is 3. The number of methoxy groups -OCH3 is 1. The Hall–Kier alpha value is -4.41. The van der Waals surface area contributed by atoms with E-state index in [9.17, 15) is 18.0 Å². The van der Waals surface area contributed by atoms with E-state index in [4.69, 9.17) is 9.53 Å². The predicted molar refractivity (Wildman–Crippen MR) is 136 cm³/mol. The van der Waals surface area contributed by atoms with Crippen LogP contribution in [0.4, 0.5) is 18.9 Å². The summed E-state index contributed by atoms with van der Waals surface area (Å²) in [6.07, 6.45) is 7.40. The number of fused-ring (bicyclic) bond motifs is 1. The van der Waals surface area contributed by atoms with Crippen molar-refractivity contribution in [1.82, 2.24) is 15.0 Å². The lowest BCUT2D eigenvalue weighted by molar-refractivity contribution is -0.0980. The smallest absolute Gasteiger partial charge is 0.223 e. The Morgan fingerprint density at radius 3 is 2.59 bits per heavy atom. The summed E-state index contributed by atoms with van der Waals surface area (Å²) in [7, 11) is 2.96. The Balaban J connectivity index is 0.000000433. The van der Waals surface area contributed by atoms with Crippen LogP contribution < -0.4 is 14.8 Å². The lowest BCUT2D eigenvalue weighted by atomic mass is 10.1. The summed E-state index contributed by atoms with van der Waals surface area (Å²) >= 11 is 0. The van der Waals surface area contributed by atoms with E-state index in [0.29, 0.717) is 18.0 Å². The van der Waals surface area contributed by atoms with Gasteiger partial charge in [-0.05, 0) is 48.6 Å². The highest BCUT2D eigenvalue weighted by atomic mass is 19.1. The van der Waals surface area contributed by atoms with Crippen molar-refractivity contribution >= 4 is 29.8 Å². The number of carbonyl (C=O) groups excluding carboxylic acids is 2. The fourth-order valence-corrected chi connectivity index (χ4v) is 3.59. The number of hydrogen-bond acceptors (Lipinski definition) is 7. The van der Waals surface area contributed by atoms with Gasteiger partial charge in [-0.25, -0.2) is 23.1 Å². The van der Waals surface area contributed by atoms with Crippen LogP contribution in [0.15, 0.2) is 42.9 Å². The molecule has 198 valence electrons. The molecule has 0 bridgehead atoms. The van der Waals surface area contributed by atoms with Crippen LogP contribution in [-0.4, -0.2) is 42.2 Å². The minimum Gasteiger partial charge on any atom is -0.487 e. The zero-order chi connectivity index (χ0) is 26.9. The highest BCUT2D eigenvalue weighted by Crippen LogP contribution is 2.43. The van der Waals surface area contributed by atoms with Crippen molar-refractivity contribution in [3.8, 4) is 11.6 Å². The third-order valence-electron chi connectivity index (χ3n) is 5.56. The quantitative estimate of drug-likeness (QED) is 0.303. The molecule has 0 radical (unpaired) electrons. The number of benzene rings is 1. The SMILES string of the molecule is C=O.CNc1ccc(F)c(COc2cnc3[nH]cc(C4CC4)c3c2)c1F.COc1ncc(F)cc1C=O.[HH].[HH]. The van der Waals surface area contributed by atoms with E-state index in [1.807, 2.05) is 19.1 Å². The van der Waals surface area contributed by atoms with Gasteiger partial charge >= 0.3 is 0 Å². The lowest BCUT2D eigenvalue weighted by Crippen LogP contribution is -2.05. The normalized spacial score (nSPS) is 12.0. The summed E-state index contributed by atoms with van der Waals surface area (Å²) in [5, 5.41) is 3.71. The minimum atomic E-state index is -0.633. The zero-order valence-electron chi connectivity index (χ0n) is 20.2. The number of pyridine rings is 2. The van der Waals surface area contributed by atoms with Gasteiger partial charge in [-0.1, -0.05) is 0 Å². The molecular weight excluding hydrogens is 489 g/mol. The highest BCUT2D eigenvalue weighted by molar-refractivity contribution is 5.82. The number of H-pyrrole nitrogens is 1. The topological polar surface area (TPSA) is 106 Å². The first kappa shape index (κ1) is 27.2. The maximum atomic E-state index is 14.2. The molecule has 5 rings (SSSR count). The zero-order valence-corrected chi connectivity index (χ0v) is 20.2. The van der Waals surface area contributed by atoms with Crippen LogP contribution in [0.5, 0.6) is 11.6 Å². The Kier molecular flexibility index (Phi) is 9.20. The number of aldehydes is 1. The number of ether oxygens (including phenoxy) is 2. The van der Waals surface area contributed by atoms with Crippen LogP contribution in [-0.2, 0) is 11.4 Å². The standard InChI is InChI=1S/C18H17F2N3O.C7H6FNO2.CH2O.2H2/c1-21-16-5-4-15(19)14(17(16)20)9-24-11-6-12-13(10-2-3-10)8-23-18(12)22-7-11;1-11-7-5(4-10)2-6(8)3-9-7;1-2;;/h4-8,10,21H,2-3,9H2,1H3,(H,22,23);2-4H,1H3;1H2;2*1H. The Bertz CT molecular complexity index is 1390. The number of aromatic nitrogens is 3. The Labute approximate surface area is 213 Å². The molecule has 1 aliphatic carbocycles. The average molecular weight is 519 g/mol. The van der Waals surface area contributed by atoms with E-state index in [-0.39, 0.29) is 32.2 Å². The first-order chi connectivity index (χ1) is 17.9. The Morgan fingerprint density at radius 1 is 1.19 bits per heavy atom.